The van der Waals surface area contributed by atoms with Crippen LogP contribution >= 0.6 is 15.9 Å². The summed E-state index contributed by atoms with van der Waals surface area (Å²) in [5, 5.41) is 0. The first kappa shape index (κ1) is 14.3. The van der Waals surface area contributed by atoms with Crippen molar-refractivity contribution in [3.63, 3.8) is 0 Å². The fraction of sp³-hybridized carbons (Fsp3) is 0.333. The van der Waals surface area contributed by atoms with Crippen LogP contribution in [0.15, 0.2) is 39.2 Å². The highest BCUT2D eigenvalue weighted by atomic mass is 79.9. The van der Waals surface area contributed by atoms with Gasteiger partial charge in [-0.1, -0.05) is 34.1 Å². The lowest BCUT2D eigenvalue weighted by atomic mass is 10.2. The first-order valence-corrected chi connectivity index (χ1v) is 7.09. The van der Waals surface area contributed by atoms with Gasteiger partial charge in [-0.3, -0.25) is 4.90 Å². The van der Waals surface area contributed by atoms with E-state index in [0.29, 0.717) is 6.54 Å². The monoisotopic (exact) mass is 322 g/mol. The molecule has 0 aliphatic heterocycles. The van der Waals surface area contributed by atoms with Crippen LogP contribution in [0.4, 0.5) is 0 Å². The first-order valence-electron chi connectivity index (χ1n) is 6.30. The standard InChI is InChI=1S/C15H19BrN2O/c1-11-13(7-14(8-17)19-11)10-18(2)9-12-5-3-4-6-15(12)16/h3-7H,8-10,17H2,1-2H3. The van der Waals surface area contributed by atoms with Crippen LogP contribution in [0.25, 0.3) is 0 Å². The quantitative estimate of drug-likeness (QED) is 0.916. The Bertz CT molecular complexity index is 551. The second-order valence-corrected chi connectivity index (χ2v) is 5.62. The molecule has 0 saturated carbocycles. The fourth-order valence-corrected chi connectivity index (χ4v) is 2.52. The SMILES string of the molecule is Cc1oc(CN)cc1CN(C)Cc1ccccc1Br. The molecule has 0 fully saturated rings. The lowest BCUT2D eigenvalue weighted by molar-refractivity contribution is 0.315. The molecule has 4 heteroatoms. The van der Waals surface area contributed by atoms with E-state index in [1.165, 1.54) is 11.1 Å². The molecule has 1 aromatic heterocycles. The zero-order valence-corrected chi connectivity index (χ0v) is 12.9. The number of benzene rings is 1. The Hall–Kier alpha value is -1.10. The van der Waals surface area contributed by atoms with Gasteiger partial charge in [0.15, 0.2) is 0 Å². The van der Waals surface area contributed by atoms with Crippen LogP contribution in [-0.4, -0.2) is 11.9 Å². The van der Waals surface area contributed by atoms with Crippen LogP contribution in [-0.2, 0) is 19.6 Å². The maximum Gasteiger partial charge on any atom is 0.118 e. The minimum atomic E-state index is 0.453. The van der Waals surface area contributed by atoms with Crippen LogP contribution in [0.5, 0.6) is 0 Å². The van der Waals surface area contributed by atoms with Gasteiger partial charge in [0.25, 0.3) is 0 Å². The summed E-state index contributed by atoms with van der Waals surface area (Å²) in [6, 6.07) is 10.3. The van der Waals surface area contributed by atoms with Crippen molar-refractivity contribution in [1.29, 1.82) is 0 Å². The van der Waals surface area contributed by atoms with E-state index in [-0.39, 0.29) is 0 Å². The number of aryl methyl sites for hydroxylation is 1. The highest BCUT2D eigenvalue weighted by Crippen LogP contribution is 2.20. The second kappa shape index (κ2) is 6.37. The summed E-state index contributed by atoms with van der Waals surface area (Å²) in [5.41, 5.74) is 8.08. The Morgan fingerprint density at radius 3 is 2.53 bits per heavy atom. The molecular weight excluding hydrogens is 304 g/mol. The minimum Gasteiger partial charge on any atom is -0.465 e. The second-order valence-electron chi connectivity index (χ2n) is 4.76. The molecule has 0 aliphatic rings. The molecular formula is C15H19BrN2O. The molecule has 0 saturated heterocycles. The average Bonchev–Trinajstić information content (AvgIpc) is 2.73. The molecule has 102 valence electrons. The van der Waals surface area contributed by atoms with Crippen LogP contribution in [0, 0.1) is 6.92 Å². The number of halogens is 1. The molecule has 0 aliphatic carbocycles. The number of nitrogens with two attached hydrogens (primary N) is 1. The maximum atomic E-state index is 5.59. The molecule has 2 N–H and O–H groups in total. The summed E-state index contributed by atoms with van der Waals surface area (Å²) >= 11 is 3.58. The summed E-state index contributed by atoms with van der Waals surface area (Å²) in [7, 11) is 2.11. The number of nitrogens with zero attached hydrogens (tertiary/aromatic N) is 1. The average molecular weight is 323 g/mol. The van der Waals surface area contributed by atoms with E-state index in [2.05, 4.69) is 46.1 Å². The van der Waals surface area contributed by atoms with Crippen molar-refractivity contribution in [2.24, 2.45) is 5.73 Å². The van der Waals surface area contributed by atoms with Crippen LogP contribution in [0.3, 0.4) is 0 Å². The molecule has 0 unspecified atom stereocenters. The first-order chi connectivity index (χ1) is 9.10. The maximum absolute atomic E-state index is 5.59. The Morgan fingerprint density at radius 1 is 1.21 bits per heavy atom. The van der Waals surface area contributed by atoms with Crippen LogP contribution in [0.1, 0.15) is 22.6 Å². The smallest absolute Gasteiger partial charge is 0.118 e. The van der Waals surface area contributed by atoms with Gasteiger partial charge in [0, 0.05) is 23.1 Å². The lowest BCUT2D eigenvalue weighted by Gasteiger charge is -2.17. The van der Waals surface area contributed by atoms with E-state index >= 15 is 0 Å². The van der Waals surface area contributed by atoms with Crippen LogP contribution < -0.4 is 5.73 Å². The molecule has 0 atom stereocenters. The molecule has 2 rings (SSSR count). The molecule has 1 aromatic carbocycles. The molecule has 0 bridgehead atoms. The Labute approximate surface area is 122 Å². The van der Waals surface area contributed by atoms with E-state index in [0.717, 1.165) is 29.1 Å². The highest BCUT2D eigenvalue weighted by molar-refractivity contribution is 9.10. The molecule has 2 aromatic rings. The minimum absolute atomic E-state index is 0.453. The van der Waals surface area contributed by atoms with Gasteiger partial charge in [-0.2, -0.15) is 0 Å². The van der Waals surface area contributed by atoms with Gasteiger partial charge in [-0.05, 0) is 31.7 Å². The molecule has 0 spiro atoms. The molecule has 0 radical (unpaired) electrons. The van der Waals surface area contributed by atoms with Crippen molar-refractivity contribution in [2.45, 2.75) is 26.6 Å². The third kappa shape index (κ3) is 3.69. The number of furan rings is 1. The zero-order chi connectivity index (χ0) is 13.8. The molecule has 19 heavy (non-hydrogen) atoms. The van der Waals surface area contributed by atoms with Crippen molar-refractivity contribution in [2.75, 3.05) is 7.05 Å². The predicted molar refractivity (Wildman–Crippen MR) is 80.6 cm³/mol. The highest BCUT2D eigenvalue weighted by Gasteiger charge is 2.10. The van der Waals surface area contributed by atoms with Gasteiger partial charge in [-0.15, -0.1) is 0 Å². The third-order valence-electron chi connectivity index (χ3n) is 3.11. The van der Waals surface area contributed by atoms with Gasteiger partial charge in [0.2, 0.25) is 0 Å². The fourth-order valence-electron chi connectivity index (χ4n) is 2.11. The third-order valence-corrected chi connectivity index (χ3v) is 3.88. The van der Waals surface area contributed by atoms with Crippen molar-refractivity contribution < 1.29 is 4.42 Å². The number of rotatable bonds is 5. The Morgan fingerprint density at radius 2 is 1.89 bits per heavy atom. The summed E-state index contributed by atoms with van der Waals surface area (Å²) < 4.78 is 6.72. The van der Waals surface area contributed by atoms with Gasteiger partial charge >= 0.3 is 0 Å². The number of hydrogen-bond donors (Lipinski definition) is 1. The van der Waals surface area contributed by atoms with Gasteiger partial charge in [0.1, 0.15) is 11.5 Å². The van der Waals surface area contributed by atoms with Gasteiger partial charge in [-0.25, -0.2) is 0 Å². The topological polar surface area (TPSA) is 42.4 Å². The van der Waals surface area contributed by atoms with Crippen molar-refractivity contribution in [3.8, 4) is 0 Å². The summed E-state index contributed by atoms with van der Waals surface area (Å²) in [4.78, 5) is 2.26. The van der Waals surface area contributed by atoms with E-state index in [1.54, 1.807) is 0 Å². The van der Waals surface area contributed by atoms with Crippen molar-refractivity contribution >= 4 is 15.9 Å². The predicted octanol–water partition coefficient (Wildman–Crippen LogP) is 3.44. The van der Waals surface area contributed by atoms with E-state index in [1.807, 2.05) is 19.1 Å². The molecule has 1 heterocycles. The normalized spacial score (nSPS) is 11.2. The molecule has 3 nitrogen and oxygen atoms in total. The summed E-state index contributed by atoms with van der Waals surface area (Å²) in [5.74, 6) is 1.81. The Balaban J connectivity index is 2.03. The van der Waals surface area contributed by atoms with Crippen molar-refractivity contribution in [1.82, 2.24) is 4.90 Å². The van der Waals surface area contributed by atoms with E-state index < -0.39 is 0 Å². The van der Waals surface area contributed by atoms with E-state index in [9.17, 15) is 0 Å². The Kier molecular flexibility index (Phi) is 4.80. The van der Waals surface area contributed by atoms with E-state index in [4.69, 9.17) is 10.2 Å². The van der Waals surface area contributed by atoms with Gasteiger partial charge in [0.05, 0.1) is 6.54 Å². The zero-order valence-electron chi connectivity index (χ0n) is 11.3. The summed E-state index contributed by atoms with van der Waals surface area (Å²) in [6.07, 6.45) is 0. The van der Waals surface area contributed by atoms with Crippen LogP contribution in [0.2, 0.25) is 0 Å². The molecule has 0 amide bonds. The number of hydrogen-bond acceptors (Lipinski definition) is 3. The summed E-state index contributed by atoms with van der Waals surface area (Å²) in [6.45, 7) is 4.19. The van der Waals surface area contributed by atoms with Gasteiger partial charge < -0.3 is 10.2 Å². The largest absolute Gasteiger partial charge is 0.465 e. The van der Waals surface area contributed by atoms with Crippen molar-refractivity contribution in [3.05, 3.63) is 57.5 Å². The lowest BCUT2D eigenvalue weighted by Crippen LogP contribution is -2.17.